The van der Waals surface area contributed by atoms with Gasteiger partial charge in [-0.15, -0.1) is 0 Å². The molecule has 11 heavy (non-hydrogen) atoms. The Balaban J connectivity index is 1.82. The zero-order chi connectivity index (χ0) is 7.52. The number of hydrogen-bond donors (Lipinski definition) is 0. The van der Waals surface area contributed by atoms with Crippen LogP contribution < -0.4 is 0 Å². The van der Waals surface area contributed by atoms with Gasteiger partial charge in [0.15, 0.2) is 0 Å². The van der Waals surface area contributed by atoms with Crippen LogP contribution in [-0.2, 0) is 0 Å². The molecule has 0 spiro atoms. The van der Waals surface area contributed by atoms with Gasteiger partial charge in [-0.3, -0.25) is 0 Å². The molecule has 1 unspecified atom stereocenters. The standard InChI is InChI=1S/C10H17S/c1-2-5-9(6-3-1)10-7-4-8-11-10/h1,9-10H,2-8H2. The Labute approximate surface area is 74.1 Å². The third kappa shape index (κ3) is 1.93. The summed E-state index contributed by atoms with van der Waals surface area (Å²) >= 11 is 2.24. The molecule has 1 aliphatic carbocycles. The summed E-state index contributed by atoms with van der Waals surface area (Å²) in [6.45, 7) is 0. The molecular weight excluding hydrogens is 152 g/mol. The molecule has 1 heterocycles. The number of thioether (sulfide) groups is 1. The summed E-state index contributed by atoms with van der Waals surface area (Å²) in [5, 5.41) is 1.05. The van der Waals surface area contributed by atoms with Crippen LogP contribution in [-0.4, -0.2) is 11.0 Å². The summed E-state index contributed by atoms with van der Waals surface area (Å²) in [5.41, 5.74) is 0. The van der Waals surface area contributed by atoms with Crippen LogP contribution in [0.25, 0.3) is 0 Å². The minimum absolute atomic E-state index is 1.05. The number of hydrogen-bond acceptors (Lipinski definition) is 1. The van der Waals surface area contributed by atoms with Crippen LogP contribution in [0.1, 0.15) is 38.5 Å². The van der Waals surface area contributed by atoms with Crippen LogP contribution >= 0.6 is 11.8 Å². The van der Waals surface area contributed by atoms with Gasteiger partial charge >= 0.3 is 0 Å². The van der Waals surface area contributed by atoms with Crippen molar-refractivity contribution >= 4 is 11.8 Å². The van der Waals surface area contributed by atoms with Crippen molar-refractivity contribution in [3.05, 3.63) is 6.42 Å². The normalized spacial score (nSPS) is 34.4. The second kappa shape index (κ2) is 3.84. The Hall–Kier alpha value is 0.350. The topological polar surface area (TPSA) is 0 Å². The Morgan fingerprint density at radius 1 is 1.09 bits per heavy atom. The smallest absolute Gasteiger partial charge is 0.00756 e. The zero-order valence-corrected chi connectivity index (χ0v) is 7.91. The average molecular weight is 169 g/mol. The van der Waals surface area contributed by atoms with Crippen molar-refractivity contribution in [1.29, 1.82) is 0 Å². The van der Waals surface area contributed by atoms with Crippen molar-refractivity contribution in [3.8, 4) is 0 Å². The average Bonchev–Trinajstić information content (AvgIpc) is 2.58. The highest BCUT2D eigenvalue weighted by molar-refractivity contribution is 8.00. The lowest BCUT2D eigenvalue weighted by molar-refractivity contribution is 0.387. The van der Waals surface area contributed by atoms with Gasteiger partial charge < -0.3 is 0 Å². The first-order valence-electron chi connectivity index (χ1n) is 4.90. The highest BCUT2D eigenvalue weighted by Crippen LogP contribution is 2.38. The van der Waals surface area contributed by atoms with Gasteiger partial charge in [-0.2, -0.15) is 11.8 Å². The molecule has 0 nitrogen and oxygen atoms in total. The monoisotopic (exact) mass is 169 g/mol. The van der Waals surface area contributed by atoms with E-state index < -0.39 is 0 Å². The van der Waals surface area contributed by atoms with Crippen LogP contribution in [0.15, 0.2) is 0 Å². The van der Waals surface area contributed by atoms with Crippen LogP contribution in [0.2, 0.25) is 0 Å². The molecule has 2 aliphatic rings. The highest BCUT2D eigenvalue weighted by Gasteiger charge is 2.26. The van der Waals surface area contributed by atoms with Gasteiger partial charge in [0.25, 0.3) is 0 Å². The molecule has 1 radical (unpaired) electrons. The molecule has 0 N–H and O–H groups in total. The fourth-order valence-electron chi connectivity index (χ4n) is 2.30. The van der Waals surface area contributed by atoms with Gasteiger partial charge in [-0.05, 0) is 56.6 Å². The lowest BCUT2D eigenvalue weighted by Gasteiger charge is -2.26. The van der Waals surface area contributed by atoms with E-state index in [1.807, 2.05) is 0 Å². The molecule has 0 bridgehead atoms. The van der Waals surface area contributed by atoms with Gasteiger partial charge in [-0.1, -0.05) is 0 Å². The number of rotatable bonds is 1. The molecule has 1 atom stereocenters. The molecule has 2 rings (SSSR count). The molecule has 2 fully saturated rings. The SMILES string of the molecule is [CH]1CCC(C2CCCS2)CC1. The zero-order valence-electron chi connectivity index (χ0n) is 7.09. The molecule has 63 valence electrons. The molecule has 0 aromatic heterocycles. The third-order valence-electron chi connectivity index (χ3n) is 2.97. The first-order valence-corrected chi connectivity index (χ1v) is 5.95. The predicted molar refractivity (Wildman–Crippen MR) is 51.7 cm³/mol. The first-order chi connectivity index (χ1) is 5.47. The van der Waals surface area contributed by atoms with E-state index in [9.17, 15) is 0 Å². The minimum atomic E-state index is 1.05. The van der Waals surface area contributed by atoms with Gasteiger partial charge in [0.2, 0.25) is 0 Å². The minimum Gasteiger partial charge on any atom is -0.158 e. The summed E-state index contributed by atoms with van der Waals surface area (Å²) in [6.07, 6.45) is 11.2. The predicted octanol–water partition coefficient (Wildman–Crippen LogP) is 3.28. The van der Waals surface area contributed by atoms with E-state index in [0.29, 0.717) is 0 Å². The maximum Gasteiger partial charge on any atom is 0.00756 e. The van der Waals surface area contributed by atoms with Gasteiger partial charge in [0, 0.05) is 5.25 Å². The van der Waals surface area contributed by atoms with Crippen LogP contribution in [0.5, 0.6) is 0 Å². The van der Waals surface area contributed by atoms with E-state index in [4.69, 9.17) is 0 Å². The quantitative estimate of drug-likeness (QED) is 0.580. The third-order valence-corrected chi connectivity index (χ3v) is 4.55. The fraction of sp³-hybridized carbons (Fsp3) is 0.900. The van der Waals surface area contributed by atoms with Crippen LogP contribution in [0.3, 0.4) is 0 Å². The summed E-state index contributed by atoms with van der Waals surface area (Å²) in [6, 6.07) is 0. The van der Waals surface area contributed by atoms with E-state index >= 15 is 0 Å². The molecule has 1 aliphatic heterocycles. The molecule has 1 saturated carbocycles. The summed E-state index contributed by atoms with van der Waals surface area (Å²) in [5.74, 6) is 2.51. The van der Waals surface area contributed by atoms with E-state index in [-0.39, 0.29) is 0 Å². The Bertz CT molecular complexity index is 110. The van der Waals surface area contributed by atoms with Crippen molar-refractivity contribution in [3.63, 3.8) is 0 Å². The molecule has 1 heteroatoms. The van der Waals surface area contributed by atoms with E-state index in [1.165, 1.54) is 44.3 Å². The maximum atomic E-state index is 2.47. The summed E-state index contributed by atoms with van der Waals surface area (Å²) in [4.78, 5) is 0. The second-order valence-electron chi connectivity index (χ2n) is 3.75. The van der Waals surface area contributed by atoms with Crippen molar-refractivity contribution in [2.24, 2.45) is 5.92 Å². The van der Waals surface area contributed by atoms with Crippen LogP contribution in [0.4, 0.5) is 0 Å². The molecular formula is C10H17S. The lowest BCUT2D eigenvalue weighted by atomic mass is 9.85. The van der Waals surface area contributed by atoms with Gasteiger partial charge in [0.05, 0.1) is 0 Å². The van der Waals surface area contributed by atoms with Crippen molar-refractivity contribution < 1.29 is 0 Å². The fourth-order valence-corrected chi connectivity index (χ4v) is 3.81. The maximum absolute atomic E-state index is 2.47. The lowest BCUT2D eigenvalue weighted by Crippen LogP contribution is -2.17. The van der Waals surface area contributed by atoms with E-state index in [1.54, 1.807) is 0 Å². The van der Waals surface area contributed by atoms with Crippen LogP contribution in [0, 0.1) is 12.3 Å². The molecule has 0 amide bonds. The van der Waals surface area contributed by atoms with Crippen molar-refractivity contribution in [2.75, 3.05) is 5.75 Å². The Kier molecular flexibility index (Phi) is 2.78. The second-order valence-corrected chi connectivity index (χ2v) is 5.10. The van der Waals surface area contributed by atoms with E-state index in [0.717, 1.165) is 11.2 Å². The van der Waals surface area contributed by atoms with Crippen molar-refractivity contribution in [2.45, 2.75) is 43.8 Å². The molecule has 0 aromatic carbocycles. The summed E-state index contributed by atoms with van der Waals surface area (Å²) < 4.78 is 0. The Morgan fingerprint density at radius 3 is 2.55 bits per heavy atom. The van der Waals surface area contributed by atoms with Gasteiger partial charge in [-0.25, -0.2) is 0 Å². The first kappa shape index (κ1) is 7.97. The highest BCUT2D eigenvalue weighted by atomic mass is 32.2. The molecule has 0 aromatic rings. The van der Waals surface area contributed by atoms with E-state index in [2.05, 4.69) is 18.2 Å². The van der Waals surface area contributed by atoms with Gasteiger partial charge in [0.1, 0.15) is 0 Å². The largest absolute Gasteiger partial charge is 0.158 e. The molecule has 1 saturated heterocycles. The summed E-state index contributed by atoms with van der Waals surface area (Å²) in [7, 11) is 0. The Morgan fingerprint density at radius 2 is 1.91 bits per heavy atom. The van der Waals surface area contributed by atoms with Crippen molar-refractivity contribution in [1.82, 2.24) is 0 Å².